The lowest BCUT2D eigenvalue weighted by atomic mass is 10.2. The van der Waals surface area contributed by atoms with Crippen molar-refractivity contribution in [2.24, 2.45) is 0 Å². The number of nitrogens with zero attached hydrogens (tertiary/aromatic N) is 4. The maximum absolute atomic E-state index is 13.4. The van der Waals surface area contributed by atoms with Crippen molar-refractivity contribution < 1.29 is 14.3 Å². The predicted molar refractivity (Wildman–Crippen MR) is 65.1 cm³/mol. The Kier molecular flexibility index (Phi) is 4.06. The Morgan fingerprint density at radius 1 is 1.47 bits per heavy atom. The second-order valence-electron chi connectivity index (χ2n) is 3.85. The second-order valence-corrected chi connectivity index (χ2v) is 4.26. The summed E-state index contributed by atoms with van der Waals surface area (Å²) in [6, 6.07) is 4.26. The molecule has 6 nitrogen and oxygen atoms in total. The highest BCUT2D eigenvalue weighted by Crippen LogP contribution is 2.22. The number of halogens is 2. The minimum absolute atomic E-state index is 0.0219. The Hall–Kier alpha value is -2.02. The topological polar surface area (TPSA) is 80.9 Å². The molecule has 0 saturated heterocycles. The van der Waals surface area contributed by atoms with E-state index in [1.165, 1.54) is 16.8 Å². The van der Waals surface area contributed by atoms with E-state index in [9.17, 15) is 9.18 Å². The first-order valence-corrected chi connectivity index (χ1v) is 5.89. The first-order chi connectivity index (χ1) is 9.08. The number of benzene rings is 1. The lowest BCUT2D eigenvalue weighted by Crippen LogP contribution is -2.05. The first-order valence-electron chi connectivity index (χ1n) is 5.51. The highest BCUT2D eigenvalue weighted by Gasteiger charge is 2.11. The molecule has 0 bridgehead atoms. The fourth-order valence-electron chi connectivity index (χ4n) is 1.58. The monoisotopic (exact) mass is 284 g/mol. The van der Waals surface area contributed by atoms with Gasteiger partial charge < -0.3 is 5.11 Å². The summed E-state index contributed by atoms with van der Waals surface area (Å²) in [6.45, 7) is 0.346. The molecule has 100 valence electrons. The summed E-state index contributed by atoms with van der Waals surface area (Å²) >= 11 is 5.60. The van der Waals surface area contributed by atoms with Crippen LogP contribution in [0, 0.1) is 5.82 Å². The van der Waals surface area contributed by atoms with Gasteiger partial charge in [0.05, 0.1) is 5.02 Å². The minimum atomic E-state index is -0.882. The SMILES string of the molecule is O=C(O)CCCn1nnnc1-c1ccc(Cl)c(F)c1. The van der Waals surface area contributed by atoms with Crippen molar-refractivity contribution in [3.63, 3.8) is 0 Å². The molecule has 0 amide bonds. The van der Waals surface area contributed by atoms with Crippen LogP contribution in [0.4, 0.5) is 4.39 Å². The van der Waals surface area contributed by atoms with E-state index in [2.05, 4.69) is 15.5 Å². The number of carbonyl (C=O) groups is 1. The molecular weight excluding hydrogens is 275 g/mol. The summed E-state index contributed by atoms with van der Waals surface area (Å²) in [5.41, 5.74) is 0.488. The number of hydrogen-bond acceptors (Lipinski definition) is 4. The van der Waals surface area contributed by atoms with Crippen molar-refractivity contribution >= 4 is 17.6 Å². The molecule has 0 aliphatic heterocycles. The first kappa shape index (κ1) is 13.4. The summed E-state index contributed by atoms with van der Waals surface area (Å²) in [7, 11) is 0. The van der Waals surface area contributed by atoms with E-state index in [0.29, 0.717) is 24.4 Å². The fraction of sp³-hybridized carbons (Fsp3) is 0.273. The van der Waals surface area contributed by atoms with Gasteiger partial charge in [0.15, 0.2) is 5.82 Å². The molecule has 0 aliphatic rings. The van der Waals surface area contributed by atoms with Gasteiger partial charge in [0.25, 0.3) is 0 Å². The Balaban J connectivity index is 2.18. The van der Waals surface area contributed by atoms with Crippen LogP contribution in [0.25, 0.3) is 11.4 Å². The number of tetrazole rings is 1. The Morgan fingerprint density at radius 2 is 2.26 bits per heavy atom. The van der Waals surface area contributed by atoms with Gasteiger partial charge in [-0.25, -0.2) is 9.07 Å². The average molecular weight is 285 g/mol. The van der Waals surface area contributed by atoms with Crippen molar-refractivity contribution in [1.82, 2.24) is 20.2 Å². The van der Waals surface area contributed by atoms with Gasteiger partial charge in [-0.05, 0) is 35.0 Å². The number of carboxylic acids is 1. The number of rotatable bonds is 5. The summed E-state index contributed by atoms with van der Waals surface area (Å²) in [5, 5.41) is 19.6. The molecular formula is C11H10ClFN4O2. The van der Waals surface area contributed by atoms with Crippen molar-refractivity contribution in [3.8, 4) is 11.4 Å². The van der Waals surface area contributed by atoms with Gasteiger partial charge in [0.1, 0.15) is 5.82 Å². The molecule has 19 heavy (non-hydrogen) atoms. The molecule has 1 N–H and O–H groups in total. The van der Waals surface area contributed by atoms with Crippen LogP contribution >= 0.6 is 11.6 Å². The molecule has 2 aromatic rings. The number of hydrogen-bond donors (Lipinski definition) is 1. The van der Waals surface area contributed by atoms with Crippen LogP contribution in [0.2, 0.25) is 5.02 Å². The Bertz CT molecular complexity index is 602. The summed E-state index contributed by atoms with van der Waals surface area (Å²) < 4.78 is 14.8. The summed E-state index contributed by atoms with van der Waals surface area (Å²) in [6.07, 6.45) is 0.414. The van der Waals surface area contributed by atoms with E-state index >= 15 is 0 Å². The van der Waals surface area contributed by atoms with Crippen molar-refractivity contribution in [2.45, 2.75) is 19.4 Å². The lowest BCUT2D eigenvalue weighted by Gasteiger charge is -2.04. The lowest BCUT2D eigenvalue weighted by molar-refractivity contribution is -0.137. The van der Waals surface area contributed by atoms with Crippen LogP contribution < -0.4 is 0 Å². The van der Waals surface area contributed by atoms with Crippen LogP contribution in [-0.2, 0) is 11.3 Å². The summed E-state index contributed by atoms with van der Waals surface area (Å²) in [5.74, 6) is -1.06. The van der Waals surface area contributed by atoms with Gasteiger partial charge in [-0.15, -0.1) is 5.10 Å². The number of aliphatic carboxylic acids is 1. The molecule has 1 heterocycles. The van der Waals surface area contributed by atoms with E-state index in [0.717, 1.165) is 0 Å². The predicted octanol–water partition coefficient (Wildman–Crippen LogP) is 2.00. The maximum atomic E-state index is 13.4. The molecule has 0 fully saturated rings. The van der Waals surface area contributed by atoms with Gasteiger partial charge in [-0.2, -0.15) is 0 Å². The largest absolute Gasteiger partial charge is 0.481 e. The molecule has 0 aliphatic carbocycles. The second kappa shape index (κ2) is 5.75. The zero-order valence-corrected chi connectivity index (χ0v) is 10.5. The van der Waals surface area contributed by atoms with Crippen LogP contribution in [0.5, 0.6) is 0 Å². The molecule has 0 unspecified atom stereocenters. The van der Waals surface area contributed by atoms with Crippen LogP contribution in [0.15, 0.2) is 18.2 Å². The van der Waals surface area contributed by atoms with Crippen molar-refractivity contribution in [3.05, 3.63) is 29.0 Å². The third-order valence-corrected chi connectivity index (χ3v) is 2.78. The fourth-order valence-corrected chi connectivity index (χ4v) is 1.69. The van der Waals surface area contributed by atoms with Crippen LogP contribution in [-0.4, -0.2) is 31.3 Å². The highest BCUT2D eigenvalue weighted by molar-refractivity contribution is 6.30. The standard InChI is InChI=1S/C11H10ClFN4O2/c12-8-4-3-7(6-9(8)13)11-14-15-16-17(11)5-1-2-10(18)19/h3-4,6H,1-2,5H2,(H,18,19). The van der Waals surface area contributed by atoms with Gasteiger partial charge in [-0.3, -0.25) is 4.79 Å². The van der Waals surface area contributed by atoms with Gasteiger partial charge in [0, 0.05) is 18.5 Å². The maximum Gasteiger partial charge on any atom is 0.303 e. The smallest absolute Gasteiger partial charge is 0.303 e. The Morgan fingerprint density at radius 3 is 2.95 bits per heavy atom. The van der Waals surface area contributed by atoms with Crippen LogP contribution in [0.1, 0.15) is 12.8 Å². The number of carboxylic acid groups (broad SMARTS) is 1. The van der Waals surface area contributed by atoms with Crippen LogP contribution in [0.3, 0.4) is 0 Å². The normalized spacial score (nSPS) is 10.6. The molecule has 0 spiro atoms. The summed E-state index contributed by atoms with van der Waals surface area (Å²) in [4.78, 5) is 10.4. The molecule has 8 heteroatoms. The van der Waals surface area contributed by atoms with E-state index in [4.69, 9.17) is 16.7 Å². The molecule has 1 aromatic carbocycles. The van der Waals surface area contributed by atoms with Crippen molar-refractivity contribution in [2.75, 3.05) is 0 Å². The molecule has 2 rings (SSSR count). The van der Waals surface area contributed by atoms with E-state index in [1.807, 2.05) is 0 Å². The van der Waals surface area contributed by atoms with E-state index in [-0.39, 0.29) is 11.4 Å². The molecule has 0 radical (unpaired) electrons. The number of aromatic nitrogens is 4. The Labute approximate surface area is 112 Å². The van der Waals surface area contributed by atoms with Gasteiger partial charge in [-0.1, -0.05) is 11.6 Å². The minimum Gasteiger partial charge on any atom is -0.481 e. The van der Waals surface area contributed by atoms with E-state index < -0.39 is 11.8 Å². The zero-order valence-electron chi connectivity index (χ0n) is 9.75. The van der Waals surface area contributed by atoms with Gasteiger partial charge >= 0.3 is 5.97 Å². The zero-order chi connectivity index (χ0) is 13.8. The van der Waals surface area contributed by atoms with E-state index in [1.54, 1.807) is 6.07 Å². The number of aryl methyl sites for hydroxylation is 1. The molecule has 0 atom stereocenters. The van der Waals surface area contributed by atoms with Gasteiger partial charge in [0.2, 0.25) is 0 Å². The van der Waals surface area contributed by atoms with Crippen molar-refractivity contribution in [1.29, 1.82) is 0 Å². The molecule has 1 aromatic heterocycles. The highest BCUT2D eigenvalue weighted by atomic mass is 35.5. The quantitative estimate of drug-likeness (QED) is 0.908. The average Bonchev–Trinajstić information content (AvgIpc) is 2.80. The molecule has 0 saturated carbocycles. The third-order valence-electron chi connectivity index (χ3n) is 2.47. The third kappa shape index (κ3) is 3.25.